The second-order valence-corrected chi connectivity index (χ2v) is 4.22. The van der Waals surface area contributed by atoms with E-state index in [1.807, 2.05) is 48.5 Å². The molecule has 2 aromatic rings. The molecule has 1 amide bonds. The second kappa shape index (κ2) is 4.57. The smallest absolute Gasteiger partial charge is 0.409 e. The Labute approximate surface area is 111 Å². The molecule has 3 rings (SSSR count). The van der Waals surface area contributed by atoms with Crippen LogP contribution in [0.25, 0.3) is 11.8 Å². The van der Waals surface area contributed by atoms with Gasteiger partial charge in [0.15, 0.2) is 0 Å². The van der Waals surface area contributed by atoms with Gasteiger partial charge in [-0.1, -0.05) is 30.3 Å². The summed E-state index contributed by atoms with van der Waals surface area (Å²) >= 11 is 0. The van der Waals surface area contributed by atoms with Crippen molar-refractivity contribution in [3.05, 3.63) is 59.8 Å². The number of carbonyl (C=O) groups is 1. The molecule has 0 N–H and O–H groups in total. The van der Waals surface area contributed by atoms with E-state index >= 15 is 0 Å². The largest absolute Gasteiger partial charge is 0.420 e. The van der Waals surface area contributed by atoms with Crippen molar-refractivity contribution in [3.8, 4) is 0 Å². The Balaban J connectivity index is 2.11. The molecule has 4 heteroatoms. The maximum Gasteiger partial charge on any atom is 0.420 e. The maximum absolute atomic E-state index is 11.8. The minimum atomic E-state index is -0.423. The molecule has 0 atom stereocenters. The Hall–Kier alpha value is -2.62. The third kappa shape index (κ3) is 2.08. The van der Waals surface area contributed by atoms with Gasteiger partial charge >= 0.3 is 6.09 Å². The van der Waals surface area contributed by atoms with Crippen LogP contribution in [0.5, 0.6) is 0 Å². The Bertz CT molecular complexity index is 650. The van der Waals surface area contributed by atoms with Gasteiger partial charge in [-0.2, -0.15) is 0 Å². The molecule has 1 aromatic carbocycles. The van der Waals surface area contributed by atoms with Crippen molar-refractivity contribution in [3.63, 3.8) is 0 Å². The monoisotopic (exact) mass is 252 g/mol. The molecule has 0 aliphatic carbocycles. The fourth-order valence-electron chi connectivity index (χ4n) is 1.97. The minimum absolute atomic E-state index is 0.423. The van der Waals surface area contributed by atoms with Crippen LogP contribution in [0.3, 0.4) is 0 Å². The molecule has 94 valence electrons. The van der Waals surface area contributed by atoms with Crippen molar-refractivity contribution < 1.29 is 9.53 Å². The van der Waals surface area contributed by atoms with E-state index in [1.165, 1.54) is 4.90 Å². The van der Waals surface area contributed by atoms with Crippen LogP contribution in [0, 0.1) is 0 Å². The summed E-state index contributed by atoms with van der Waals surface area (Å²) in [5.41, 5.74) is 1.79. The van der Waals surface area contributed by atoms with Gasteiger partial charge in [-0.05, 0) is 23.8 Å². The lowest BCUT2D eigenvalue weighted by Gasteiger charge is -2.25. The molecular weight excluding hydrogens is 240 g/mol. The molecule has 0 radical (unpaired) electrons. The van der Waals surface area contributed by atoms with E-state index < -0.39 is 6.09 Å². The lowest BCUT2D eigenvalue weighted by atomic mass is 10.1. The number of ether oxygens (including phenoxy) is 1. The first-order valence-corrected chi connectivity index (χ1v) is 5.93. The Morgan fingerprint density at radius 3 is 2.74 bits per heavy atom. The van der Waals surface area contributed by atoms with Gasteiger partial charge in [-0.25, -0.2) is 9.78 Å². The van der Waals surface area contributed by atoms with E-state index in [-0.39, 0.29) is 0 Å². The van der Waals surface area contributed by atoms with Crippen LogP contribution in [-0.2, 0) is 4.74 Å². The summed E-state index contributed by atoms with van der Waals surface area (Å²) in [7, 11) is 1.65. The molecule has 0 bridgehead atoms. The SMILES string of the molecule is CN1C(=O)O/C(=C\c2ccccc2)c2cccnc21. The summed E-state index contributed by atoms with van der Waals surface area (Å²) in [5.74, 6) is 1.14. The lowest BCUT2D eigenvalue weighted by Crippen LogP contribution is -2.32. The number of aromatic nitrogens is 1. The molecule has 1 aliphatic rings. The number of benzene rings is 1. The molecule has 4 nitrogen and oxygen atoms in total. The second-order valence-electron chi connectivity index (χ2n) is 4.22. The van der Waals surface area contributed by atoms with E-state index in [0.29, 0.717) is 11.6 Å². The third-order valence-electron chi connectivity index (χ3n) is 2.94. The molecule has 0 fully saturated rings. The highest BCUT2D eigenvalue weighted by Gasteiger charge is 2.27. The summed E-state index contributed by atoms with van der Waals surface area (Å²) in [5, 5.41) is 0. The summed E-state index contributed by atoms with van der Waals surface area (Å²) in [6.07, 6.45) is 3.08. The average molecular weight is 252 g/mol. The summed E-state index contributed by atoms with van der Waals surface area (Å²) in [4.78, 5) is 17.4. The molecule has 0 saturated heterocycles. The number of cyclic esters (lactones) is 1. The van der Waals surface area contributed by atoms with Crippen LogP contribution in [0.15, 0.2) is 48.7 Å². The van der Waals surface area contributed by atoms with E-state index in [1.54, 1.807) is 13.2 Å². The Morgan fingerprint density at radius 1 is 1.16 bits per heavy atom. The first-order valence-electron chi connectivity index (χ1n) is 5.93. The van der Waals surface area contributed by atoms with E-state index in [2.05, 4.69) is 4.98 Å². The van der Waals surface area contributed by atoms with Crippen molar-refractivity contribution in [2.24, 2.45) is 0 Å². The Kier molecular flexibility index (Phi) is 2.76. The number of hydrogen-bond donors (Lipinski definition) is 0. The van der Waals surface area contributed by atoms with Gasteiger partial charge in [0.25, 0.3) is 0 Å². The van der Waals surface area contributed by atoms with Crippen molar-refractivity contribution >= 4 is 23.7 Å². The standard InChI is InChI=1S/C15H12N2O2/c1-17-14-12(8-5-9-16-14)13(19-15(17)18)10-11-6-3-2-4-7-11/h2-10H,1H3/b13-10-. The van der Waals surface area contributed by atoms with Crippen molar-refractivity contribution in [2.45, 2.75) is 0 Å². The Morgan fingerprint density at radius 2 is 1.95 bits per heavy atom. The third-order valence-corrected chi connectivity index (χ3v) is 2.94. The average Bonchev–Trinajstić information content (AvgIpc) is 2.46. The van der Waals surface area contributed by atoms with E-state index in [4.69, 9.17) is 4.74 Å². The molecule has 19 heavy (non-hydrogen) atoms. The first-order chi connectivity index (χ1) is 9.25. The number of rotatable bonds is 1. The van der Waals surface area contributed by atoms with Gasteiger partial charge in [0.05, 0.1) is 5.56 Å². The highest BCUT2D eigenvalue weighted by molar-refractivity contribution is 6.00. The topological polar surface area (TPSA) is 42.4 Å². The number of pyridine rings is 1. The molecule has 1 aliphatic heterocycles. The van der Waals surface area contributed by atoms with Gasteiger partial charge in [0.1, 0.15) is 11.6 Å². The predicted molar refractivity (Wildman–Crippen MR) is 73.4 cm³/mol. The zero-order valence-electron chi connectivity index (χ0n) is 10.4. The number of carbonyl (C=O) groups excluding carboxylic acids is 1. The van der Waals surface area contributed by atoms with Crippen LogP contribution in [-0.4, -0.2) is 18.1 Å². The van der Waals surface area contributed by atoms with Crippen molar-refractivity contribution in [1.82, 2.24) is 4.98 Å². The quantitative estimate of drug-likeness (QED) is 0.782. The predicted octanol–water partition coefficient (Wildman–Crippen LogP) is 3.17. The van der Waals surface area contributed by atoms with Crippen molar-refractivity contribution in [2.75, 3.05) is 11.9 Å². The molecule has 0 saturated carbocycles. The lowest BCUT2D eigenvalue weighted by molar-refractivity contribution is 0.199. The van der Waals surface area contributed by atoms with E-state index in [9.17, 15) is 4.79 Å². The number of hydrogen-bond acceptors (Lipinski definition) is 3. The van der Waals surface area contributed by atoms with Crippen LogP contribution < -0.4 is 4.90 Å². The summed E-state index contributed by atoms with van der Waals surface area (Å²) < 4.78 is 5.34. The number of amides is 1. The van der Waals surface area contributed by atoms with E-state index in [0.717, 1.165) is 11.1 Å². The highest BCUT2D eigenvalue weighted by atomic mass is 16.6. The molecule has 1 aromatic heterocycles. The fraction of sp³-hybridized carbons (Fsp3) is 0.0667. The number of anilines is 1. The maximum atomic E-state index is 11.8. The normalized spacial score (nSPS) is 16.2. The fourth-order valence-corrected chi connectivity index (χ4v) is 1.97. The van der Waals surface area contributed by atoms with Gasteiger partial charge in [-0.15, -0.1) is 0 Å². The molecule has 0 unspecified atom stereocenters. The van der Waals surface area contributed by atoms with Gasteiger partial charge in [0, 0.05) is 13.2 Å². The van der Waals surface area contributed by atoms with Crippen LogP contribution in [0.2, 0.25) is 0 Å². The van der Waals surface area contributed by atoms with Gasteiger partial charge < -0.3 is 4.74 Å². The van der Waals surface area contributed by atoms with Crippen LogP contribution in [0.1, 0.15) is 11.1 Å². The van der Waals surface area contributed by atoms with Crippen LogP contribution in [0.4, 0.5) is 10.6 Å². The molecular formula is C15H12N2O2. The van der Waals surface area contributed by atoms with Gasteiger partial charge in [-0.3, -0.25) is 4.90 Å². The minimum Gasteiger partial charge on any atom is -0.409 e. The highest BCUT2D eigenvalue weighted by Crippen LogP contribution is 2.32. The zero-order valence-corrected chi connectivity index (χ0v) is 10.4. The van der Waals surface area contributed by atoms with Gasteiger partial charge in [0.2, 0.25) is 0 Å². The number of nitrogens with zero attached hydrogens (tertiary/aromatic N) is 2. The first kappa shape index (κ1) is 11.5. The molecule has 2 heterocycles. The summed E-state index contributed by atoms with van der Waals surface area (Å²) in [6, 6.07) is 13.4. The van der Waals surface area contributed by atoms with Crippen molar-refractivity contribution in [1.29, 1.82) is 0 Å². The summed E-state index contributed by atoms with van der Waals surface area (Å²) in [6.45, 7) is 0. The molecule has 0 spiro atoms. The number of fused-ring (bicyclic) bond motifs is 1. The van der Waals surface area contributed by atoms with Crippen LogP contribution >= 0.6 is 0 Å². The zero-order chi connectivity index (χ0) is 13.2.